The van der Waals surface area contributed by atoms with Gasteiger partial charge in [0.2, 0.25) is 0 Å². The Bertz CT molecular complexity index is 98.6. The van der Waals surface area contributed by atoms with Crippen molar-refractivity contribution in [2.75, 3.05) is 0 Å². The van der Waals surface area contributed by atoms with Crippen LogP contribution in [0.1, 0.15) is 0 Å². The zero-order valence-electron chi connectivity index (χ0n) is 2.87. The van der Waals surface area contributed by atoms with E-state index < -0.39 is 25.5 Å². The average Bonchev–Trinajstić information content (AvgIpc) is 1.35. The monoisotopic (exact) mass is 221 g/mol. The van der Waals surface area contributed by atoms with Crippen LogP contribution >= 0.6 is 5.60 Å². The predicted octanol–water partition coefficient (Wildman–Crippen LogP) is -0.775. The Morgan fingerprint density at radius 2 is 2.17 bits per heavy atom. The van der Waals surface area contributed by atoms with E-state index in [-0.39, 0.29) is 0 Å². The van der Waals surface area contributed by atoms with E-state index in [4.69, 9.17) is 16.2 Å². The van der Waals surface area contributed by atoms with Gasteiger partial charge in [0.1, 0.15) is 0 Å². The van der Waals surface area contributed by atoms with Crippen molar-refractivity contribution in [3.63, 3.8) is 0 Å². The summed E-state index contributed by atoms with van der Waals surface area (Å²) in [6.07, 6.45) is 4.74. The number of terminal acetylenes is 1. The maximum absolute atomic E-state index is 8.10. The molecule has 4 heteroatoms. The van der Waals surface area contributed by atoms with E-state index in [1.165, 1.54) is 0 Å². The summed E-state index contributed by atoms with van der Waals surface area (Å²) in [6.45, 7) is 0. The van der Waals surface area contributed by atoms with Crippen LogP contribution in [0.25, 0.3) is 0 Å². The van der Waals surface area contributed by atoms with Gasteiger partial charge >= 0.3 is 45.6 Å². The van der Waals surface area contributed by atoms with Crippen LogP contribution in [0.5, 0.6) is 0 Å². The van der Waals surface area contributed by atoms with Crippen LogP contribution in [-0.2, 0) is 0 Å². The van der Waals surface area contributed by atoms with Crippen LogP contribution in [0.4, 0.5) is 0 Å². The van der Waals surface area contributed by atoms with E-state index in [1.807, 2.05) is 0 Å². The SMILES string of the molecule is C#C[TeH]=[P+](O)O. The Labute approximate surface area is 45.9 Å². The zero-order chi connectivity index (χ0) is 4.99. The third kappa shape index (κ3) is 4.57. The Morgan fingerprint density at radius 3 is 2.17 bits per heavy atom. The standard InChI is InChI=1S/C2H4O2PTe/c1-2-6-5(3)4/h1,3-4,6H/q+1. The van der Waals surface area contributed by atoms with Gasteiger partial charge in [-0.25, -0.2) is 0 Å². The molecule has 0 heterocycles. The molecule has 0 aliphatic heterocycles. The maximum atomic E-state index is 8.10. The molecular weight excluding hydrogens is 215 g/mol. The summed E-state index contributed by atoms with van der Waals surface area (Å²) in [5, 5.41) is 0. The van der Waals surface area contributed by atoms with Gasteiger partial charge in [-0.15, -0.1) is 0 Å². The van der Waals surface area contributed by atoms with E-state index >= 15 is 0 Å². The van der Waals surface area contributed by atoms with Gasteiger partial charge in [-0.3, -0.25) is 0 Å². The fourth-order valence-corrected chi connectivity index (χ4v) is 1.04. The molecule has 0 aromatic heterocycles. The van der Waals surface area contributed by atoms with E-state index in [2.05, 4.69) is 3.97 Å². The van der Waals surface area contributed by atoms with Crippen molar-refractivity contribution in [1.82, 2.24) is 0 Å². The first-order valence-corrected chi connectivity index (χ1v) is 7.01. The molecule has 0 aromatic carbocycles. The Morgan fingerprint density at radius 1 is 1.67 bits per heavy atom. The normalized spacial score (nSPS) is 6.83. The van der Waals surface area contributed by atoms with E-state index in [9.17, 15) is 0 Å². The first-order valence-electron chi connectivity index (χ1n) is 1.11. The predicted molar refractivity (Wildman–Crippen MR) is 27.3 cm³/mol. The molecular formula is C2H4O2PTe+. The van der Waals surface area contributed by atoms with Gasteiger partial charge in [0.05, 0.1) is 0 Å². The molecule has 0 amide bonds. The summed E-state index contributed by atoms with van der Waals surface area (Å²) in [5.74, 6) is 0. The summed E-state index contributed by atoms with van der Waals surface area (Å²) >= 11 is -1.02. The Balaban J connectivity index is 3.51. The molecule has 0 saturated carbocycles. The van der Waals surface area contributed by atoms with E-state index in [0.29, 0.717) is 0 Å². The zero-order valence-corrected chi connectivity index (χ0v) is 6.31. The van der Waals surface area contributed by atoms with Gasteiger partial charge in [-0.1, -0.05) is 0 Å². The summed E-state index contributed by atoms with van der Waals surface area (Å²) < 4.78 is 2.25. The molecule has 0 aromatic rings. The van der Waals surface area contributed by atoms with Gasteiger partial charge in [0, 0.05) is 0 Å². The third-order valence-electron chi connectivity index (χ3n) is 0.147. The van der Waals surface area contributed by atoms with Crippen molar-refractivity contribution in [2.24, 2.45) is 0 Å². The molecule has 34 valence electrons. The molecule has 0 fully saturated rings. The van der Waals surface area contributed by atoms with Gasteiger partial charge < -0.3 is 0 Å². The molecule has 0 aliphatic carbocycles. The van der Waals surface area contributed by atoms with Crippen LogP contribution in [0, 0.1) is 10.4 Å². The Hall–Kier alpha value is 0.570. The van der Waals surface area contributed by atoms with Gasteiger partial charge in [-0.2, -0.15) is 0 Å². The average molecular weight is 219 g/mol. The quantitative estimate of drug-likeness (QED) is 0.318. The molecule has 0 unspecified atom stereocenters. The summed E-state index contributed by atoms with van der Waals surface area (Å²) in [5.41, 5.74) is -1.69. The van der Waals surface area contributed by atoms with Crippen LogP contribution < -0.4 is 0 Å². The van der Waals surface area contributed by atoms with E-state index in [1.54, 1.807) is 0 Å². The van der Waals surface area contributed by atoms with Crippen molar-refractivity contribution >= 4 is 25.5 Å². The van der Waals surface area contributed by atoms with Gasteiger partial charge in [-0.05, 0) is 0 Å². The molecule has 0 rings (SSSR count). The number of rotatable bonds is 0. The first kappa shape index (κ1) is 6.57. The molecule has 0 bridgehead atoms. The molecule has 2 nitrogen and oxygen atoms in total. The Kier molecular flexibility index (Phi) is 4.11. The summed E-state index contributed by atoms with van der Waals surface area (Å²) in [7, 11) is 0. The van der Waals surface area contributed by atoms with Crippen molar-refractivity contribution < 1.29 is 9.79 Å². The van der Waals surface area contributed by atoms with Crippen molar-refractivity contribution in [3.05, 3.63) is 0 Å². The second kappa shape index (κ2) is 3.75. The van der Waals surface area contributed by atoms with Crippen LogP contribution in [0.2, 0.25) is 0 Å². The van der Waals surface area contributed by atoms with E-state index in [0.717, 1.165) is 0 Å². The minimum atomic E-state index is -1.69. The second-order valence-electron chi connectivity index (χ2n) is 0.497. The molecule has 2 N–H and O–H groups in total. The summed E-state index contributed by atoms with van der Waals surface area (Å²) in [4.78, 5) is 16.2. The third-order valence-corrected chi connectivity index (χ3v) is 2.96. The van der Waals surface area contributed by atoms with Crippen molar-refractivity contribution in [1.29, 1.82) is 0 Å². The molecule has 6 heavy (non-hydrogen) atoms. The number of hydrogen-bond donors (Lipinski definition) is 2. The van der Waals surface area contributed by atoms with Crippen molar-refractivity contribution in [2.45, 2.75) is 0 Å². The minimum absolute atomic E-state index is 1.02. The second-order valence-corrected chi connectivity index (χ2v) is 6.75. The molecule has 0 saturated heterocycles. The van der Waals surface area contributed by atoms with Gasteiger partial charge in [0.25, 0.3) is 0 Å². The molecule has 0 atom stereocenters. The fourth-order valence-electron chi connectivity index (χ4n) is 0.0516. The summed E-state index contributed by atoms with van der Waals surface area (Å²) in [6, 6.07) is 0. The van der Waals surface area contributed by atoms with Crippen LogP contribution in [-0.4, -0.2) is 29.6 Å². The molecule has 0 spiro atoms. The fraction of sp³-hybridized carbons (Fsp3) is 0. The topological polar surface area (TPSA) is 40.5 Å². The first-order chi connectivity index (χ1) is 2.77. The number of hydrogen-bond acceptors (Lipinski definition) is 2. The molecule has 0 radical (unpaired) electrons. The van der Waals surface area contributed by atoms with Crippen molar-refractivity contribution in [3.8, 4) is 10.4 Å². The van der Waals surface area contributed by atoms with Crippen LogP contribution in [0.15, 0.2) is 0 Å². The molecule has 0 aliphatic rings. The van der Waals surface area contributed by atoms with Crippen LogP contribution in [0.3, 0.4) is 0 Å². The van der Waals surface area contributed by atoms with Gasteiger partial charge in [0.15, 0.2) is 0 Å².